The lowest BCUT2D eigenvalue weighted by atomic mass is 10.0. The summed E-state index contributed by atoms with van der Waals surface area (Å²) in [4.78, 5) is 38.3. The molecular weight excluding hydrogens is 937 g/mol. The molecule has 0 saturated heterocycles. The van der Waals surface area contributed by atoms with Gasteiger partial charge < -0.3 is 14.2 Å². The van der Waals surface area contributed by atoms with Crippen LogP contribution in [0.5, 0.6) is 0 Å². The van der Waals surface area contributed by atoms with E-state index in [9.17, 15) is 14.4 Å². The van der Waals surface area contributed by atoms with Crippen LogP contribution in [0.1, 0.15) is 374 Å². The fourth-order valence-corrected chi connectivity index (χ4v) is 10.2. The van der Waals surface area contributed by atoms with Crippen LogP contribution in [0.15, 0.2) is 36.5 Å². The summed E-state index contributed by atoms with van der Waals surface area (Å²) in [5.41, 5.74) is 0. The molecule has 0 radical (unpaired) electrons. The first-order valence-corrected chi connectivity index (χ1v) is 34.0. The van der Waals surface area contributed by atoms with E-state index in [-0.39, 0.29) is 31.1 Å². The third-order valence-corrected chi connectivity index (χ3v) is 15.3. The molecule has 0 rings (SSSR count). The van der Waals surface area contributed by atoms with Crippen LogP contribution >= 0.6 is 0 Å². The molecule has 1 atom stereocenters. The predicted octanol–water partition coefficient (Wildman–Crippen LogP) is 23.2. The van der Waals surface area contributed by atoms with Gasteiger partial charge in [-0.2, -0.15) is 0 Å². The van der Waals surface area contributed by atoms with Gasteiger partial charge in [-0.3, -0.25) is 14.4 Å². The topological polar surface area (TPSA) is 78.9 Å². The van der Waals surface area contributed by atoms with Crippen molar-refractivity contribution in [2.45, 2.75) is 380 Å². The second kappa shape index (κ2) is 65.2. The monoisotopic (exact) mass is 1070 g/mol. The number of allylic oxidation sites excluding steroid dienone is 6. The van der Waals surface area contributed by atoms with Crippen molar-refractivity contribution in [3.8, 4) is 0 Å². The van der Waals surface area contributed by atoms with Crippen molar-refractivity contribution in [1.29, 1.82) is 0 Å². The molecule has 0 spiro atoms. The quantitative estimate of drug-likeness (QED) is 0.0261. The molecule has 0 aliphatic rings. The standard InChI is InChI=1S/C70H130O6/c1-4-7-10-13-16-19-22-25-27-29-31-32-33-34-35-36-37-38-39-41-42-45-48-51-54-57-60-63-69(72)75-66-67(65-74-68(71)62-59-56-53-50-47-44-24-21-18-15-12-9-6-3)76-70(73)64-61-58-55-52-49-46-43-40-30-28-26-23-20-17-14-11-8-5-2/h12,15,21,24,29,31,67H,4-11,13-14,16-20,22-23,25-28,30,32-66H2,1-3H3/b15-12-,24-21-,31-29-. The van der Waals surface area contributed by atoms with E-state index < -0.39 is 6.10 Å². The Labute approximate surface area is 474 Å². The number of hydrogen-bond donors (Lipinski definition) is 0. The number of unbranched alkanes of at least 4 members (excludes halogenated alkanes) is 46. The van der Waals surface area contributed by atoms with E-state index in [0.29, 0.717) is 19.3 Å². The second-order valence-electron chi connectivity index (χ2n) is 23.1. The van der Waals surface area contributed by atoms with Crippen molar-refractivity contribution < 1.29 is 28.6 Å². The van der Waals surface area contributed by atoms with Crippen LogP contribution in [-0.2, 0) is 28.6 Å². The maximum atomic E-state index is 12.9. The molecule has 0 bridgehead atoms. The zero-order valence-electron chi connectivity index (χ0n) is 51.3. The molecule has 446 valence electrons. The van der Waals surface area contributed by atoms with E-state index in [1.54, 1.807) is 0 Å². The molecule has 0 aromatic rings. The fraction of sp³-hybridized carbons (Fsp3) is 0.871. The molecule has 0 aliphatic carbocycles. The Kier molecular flexibility index (Phi) is 63.1. The highest BCUT2D eigenvalue weighted by atomic mass is 16.6. The highest BCUT2D eigenvalue weighted by Gasteiger charge is 2.19. The first-order valence-electron chi connectivity index (χ1n) is 34.0. The van der Waals surface area contributed by atoms with Crippen LogP contribution in [0.4, 0.5) is 0 Å². The Hall–Kier alpha value is -2.37. The first-order chi connectivity index (χ1) is 37.5. The number of esters is 3. The van der Waals surface area contributed by atoms with Crippen LogP contribution in [0.3, 0.4) is 0 Å². The minimum Gasteiger partial charge on any atom is -0.462 e. The van der Waals surface area contributed by atoms with E-state index >= 15 is 0 Å². The normalized spacial score (nSPS) is 12.2. The van der Waals surface area contributed by atoms with Gasteiger partial charge in [0.15, 0.2) is 6.10 Å². The Balaban J connectivity index is 4.20. The lowest BCUT2D eigenvalue weighted by Gasteiger charge is -2.18. The summed E-state index contributed by atoms with van der Waals surface area (Å²) in [5, 5.41) is 0. The largest absolute Gasteiger partial charge is 0.462 e. The predicted molar refractivity (Wildman–Crippen MR) is 330 cm³/mol. The van der Waals surface area contributed by atoms with Crippen molar-refractivity contribution in [3.05, 3.63) is 36.5 Å². The van der Waals surface area contributed by atoms with Crippen LogP contribution < -0.4 is 0 Å². The van der Waals surface area contributed by atoms with Crippen LogP contribution in [0.2, 0.25) is 0 Å². The lowest BCUT2D eigenvalue weighted by Crippen LogP contribution is -2.30. The number of carbonyl (C=O) groups is 3. The maximum absolute atomic E-state index is 12.9. The average Bonchev–Trinajstić information content (AvgIpc) is 3.42. The second-order valence-corrected chi connectivity index (χ2v) is 23.1. The Morgan fingerprint density at radius 2 is 0.500 bits per heavy atom. The Bertz CT molecular complexity index is 1270. The van der Waals surface area contributed by atoms with Gasteiger partial charge in [0.1, 0.15) is 13.2 Å². The van der Waals surface area contributed by atoms with Gasteiger partial charge in [0.05, 0.1) is 0 Å². The Morgan fingerprint density at radius 1 is 0.263 bits per heavy atom. The highest BCUT2D eigenvalue weighted by molar-refractivity contribution is 5.71. The summed E-state index contributed by atoms with van der Waals surface area (Å²) in [6.07, 6.45) is 80.3. The third-order valence-electron chi connectivity index (χ3n) is 15.3. The molecule has 1 unspecified atom stereocenters. The molecule has 0 saturated carbocycles. The molecule has 0 heterocycles. The van der Waals surface area contributed by atoms with Gasteiger partial charge >= 0.3 is 17.9 Å². The Morgan fingerprint density at radius 3 is 0.789 bits per heavy atom. The summed E-state index contributed by atoms with van der Waals surface area (Å²) in [7, 11) is 0. The summed E-state index contributed by atoms with van der Waals surface area (Å²) >= 11 is 0. The third kappa shape index (κ3) is 62.5. The summed E-state index contributed by atoms with van der Waals surface area (Å²) < 4.78 is 16.9. The molecule has 0 fully saturated rings. The molecule has 0 aromatic heterocycles. The van der Waals surface area contributed by atoms with Gasteiger partial charge in [-0.25, -0.2) is 0 Å². The zero-order valence-corrected chi connectivity index (χ0v) is 51.3. The first kappa shape index (κ1) is 73.6. The number of ether oxygens (including phenoxy) is 3. The number of carbonyl (C=O) groups excluding carboxylic acids is 3. The molecule has 76 heavy (non-hydrogen) atoms. The van der Waals surface area contributed by atoms with Crippen molar-refractivity contribution in [2.24, 2.45) is 0 Å². The van der Waals surface area contributed by atoms with Crippen molar-refractivity contribution in [3.63, 3.8) is 0 Å². The summed E-state index contributed by atoms with van der Waals surface area (Å²) in [6, 6.07) is 0. The molecular formula is C70H130O6. The van der Waals surface area contributed by atoms with E-state index in [0.717, 1.165) is 83.5 Å². The summed E-state index contributed by atoms with van der Waals surface area (Å²) in [6.45, 7) is 6.63. The van der Waals surface area contributed by atoms with Gasteiger partial charge in [0.2, 0.25) is 0 Å². The van der Waals surface area contributed by atoms with Crippen LogP contribution in [-0.4, -0.2) is 37.2 Å². The van der Waals surface area contributed by atoms with Crippen LogP contribution in [0, 0.1) is 0 Å². The summed E-state index contributed by atoms with van der Waals surface area (Å²) in [5.74, 6) is -0.860. The smallest absolute Gasteiger partial charge is 0.306 e. The van der Waals surface area contributed by atoms with E-state index in [1.165, 1.54) is 250 Å². The molecule has 6 heteroatoms. The lowest BCUT2D eigenvalue weighted by molar-refractivity contribution is -0.167. The van der Waals surface area contributed by atoms with Crippen molar-refractivity contribution in [2.75, 3.05) is 13.2 Å². The SMILES string of the molecule is CCC/C=C\C/C=C\CCCCCCCC(=O)OCC(COC(=O)CCCCCCCCCCCCCCCCC/C=C\CCCCCCCCCC)OC(=O)CCCCCCCCCCCCCCCCCCCC. The number of hydrogen-bond acceptors (Lipinski definition) is 6. The van der Waals surface area contributed by atoms with E-state index in [2.05, 4.69) is 57.2 Å². The van der Waals surface area contributed by atoms with Gasteiger partial charge in [-0.1, -0.05) is 320 Å². The molecule has 0 aromatic carbocycles. The van der Waals surface area contributed by atoms with Gasteiger partial charge in [-0.15, -0.1) is 0 Å². The van der Waals surface area contributed by atoms with Crippen molar-refractivity contribution >= 4 is 17.9 Å². The average molecular weight is 1070 g/mol. The zero-order chi connectivity index (χ0) is 55.0. The van der Waals surface area contributed by atoms with Gasteiger partial charge in [0.25, 0.3) is 0 Å². The van der Waals surface area contributed by atoms with E-state index in [1.807, 2.05) is 0 Å². The number of rotatable bonds is 63. The molecule has 0 N–H and O–H groups in total. The molecule has 0 amide bonds. The van der Waals surface area contributed by atoms with E-state index in [4.69, 9.17) is 14.2 Å². The van der Waals surface area contributed by atoms with Gasteiger partial charge in [0, 0.05) is 19.3 Å². The minimum absolute atomic E-state index is 0.0717. The maximum Gasteiger partial charge on any atom is 0.306 e. The fourth-order valence-electron chi connectivity index (χ4n) is 10.2. The molecule has 6 nitrogen and oxygen atoms in total. The van der Waals surface area contributed by atoms with Crippen molar-refractivity contribution in [1.82, 2.24) is 0 Å². The minimum atomic E-state index is -0.775. The van der Waals surface area contributed by atoms with Crippen LogP contribution in [0.25, 0.3) is 0 Å². The van der Waals surface area contributed by atoms with Gasteiger partial charge in [-0.05, 0) is 70.6 Å². The highest BCUT2D eigenvalue weighted by Crippen LogP contribution is 2.18. The molecule has 0 aliphatic heterocycles.